The molecule has 0 bridgehead atoms. The molecule has 2 rings (SSSR count). The molecule has 0 unspecified atom stereocenters. The summed E-state index contributed by atoms with van der Waals surface area (Å²) in [4.78, 5) is 18.1. The number of carbonyl (C=O) groups is 1. The number of hydrogen-bond donors (Lipinski definition) is 2. The molecule has 1 aromatic carbocycles. The molecule has 1 saturated heterocycles. The Kier molecular flexibility index (Phi) is 5.39. The van der Waals surface area contributed by atoms with Crippen LogP contribution in [0.1, 0.15) is 18.0 Å². The van der Waals surface area contributed by atoms with E-state index in [1.165, 1.54) is 13.2 Å². The average molecular weight is 316 g/mol. The fraction of sp³-hybridized carbons (Fsp3) is 0.500. The summed E-state index contributed by atoms with van der Waals surface area (Å²) in [6, 6.07) is 4.55. The number of amides is 2. The Bertz CT molecular complexity index is 515. The molecule has 21 heavy (non-hydrogen) atoms. The van der Waals surface area contributed by atoms with Gasteiger partial charge < -0.3 is 5.32 Å². The van der Waals surface area contributed by atoms with Gasteiger partial charge in [0.15, 0.2) is 0 Å². The average Bonchev–Trinajstić information content (AvgIpc) is 2.81. The molecule has 2 N–H and O–H groups in total. The van der Waals surface area contributed by atoms with Crippen LogP contribution in [0.5, 0.6) is 0 Å². The molecule has 0 spiro atoms. The Balaban J connectivity index is 2.07. The maximum atomic E-state index is 13.7. The molecule has 1 heterocycles. The van der Waals surface area contributed by atoms with Crippen molar-refractivity contribution in [3.63, 3.8) is 0 Å². The van der Waals surface area contributed by atoms with Gasteiger partial charge in [-0.3, -0.25) is 9.74 Å². The Labute approximate surface area is 128 Å². The van der Waals surface area contributed by atoms with Crippen LogP contribution in [0.2, 0.25) is 5.02 Å². The molecule has 2 amide bonds. The number of urea groups is 1. The summed E-state index contributed by atoms with van der Waals surface area (Å²) < 4.78 is 13.7. The van der Waals surface area contributed by atoms with Crippen molar-refractivity contribution in [2.45, 2.75) is 12.5 Å². The second-order valence-electron chi connectivity index (χ2n) is 5.16. The van der Waals surface area contributed by atoms with Crippen LogP contribution in [0.25, 0.3) is 0 Å². The van der Waals surface area contributed by atoms with Gasteiger partial charge in [0.05, 0.1) is 12.1 Å². The van der Waals surface area contributed by atoms with Gasteiger partial charge in [0.2, 0.25) is 0 Å². The van der Waals surface area contributed by atoms with Gasteiger partial charge in [-0.05, 0) is 43.6 Å². The molecular weight excluding hydrogens is 297 g/mol. The summed E-state index contributed by atoms with van der Waals surface area (Å²) >= 11 is 5.73. The van der Waals surface area contributed by atoms with Gasteiger partial charge in [-0.25, -0.2) is 14.7 Å². The maximum Gasteiger partial charge on any atom is 0.338 e. The highest BCUT2D eigenvalue weighted by molar-refractivity contribution is 6.30. The van der Waals surface area contributed by atoms with Crippen LogP contribution in [0.15, 0.2) is 18.2 Å². The van der Waals surface area contributed by atoms with Crippen molar-refractivity contribution in [2.75, 3.05) is 27.2 Å². The minimum Gasteiger partial charge on any atom is -0.336 e. The van der Waals surface area contributed by atoms with Crippen LogP contribution in [0.3, 0.4) is 0 Å². The molecule has 1 aromatic rings. The number of carbonyl (C=O) groups excluding carboxylic acids is 1. The highest BCUT2D eigenvalue weighted by Crippen LogP contribution is 2.36. The quantitative estimate of drug-likeness (QED) is 0.839. The lowest BCUT2D eigenvalue weighted by Crippen LogP contribution is -2.38. The summed E-state index contributed by atoms with van der Waals surface area (Å²) in [5.74, 6) is -0.212. The van der Waals surface area contributed by atoms with Crippen molar-refractivity contribution < 1.29 is 14.0 Å². The summed E-state index contributed by atoms with van der Waals surface area (Å²) in [5.41, 5.74) is 3.08. The normalized spacial score (nSPS) is 22.3. The molecule has 0 saturated carbocycles. The Morgan fingerprint density at radius 1 is 1.57 bits per heavy atom. The summed E-state index contributed by atoms with van der Waals surface area (Å²) in [6.07, 6.45) is 0.929. The third-order valence-corrected chi connectivity index (χ3v) is 4.09. The lowest BCUT2D eigenvalue weighted by Gasteiger charge is -2.26. The fourth-order valence-corrected chi connectivity index (χ4v) is 2.93. The number of nitrogens with one attached hydrogen (secondary N) is 2. The van der Waals surface area contributed by atoms with Crippen LogP contribution in [0.4, 0.5) is 9.18 Å². The van der Waals surface area contributed by atoms with E-state index in [0.717, 1.165) is 18.5 Å². The predicted molar refractivity (Wildman–Crippen MR) is 78.4 cm³/mol. The zero-order valence-corrected chi connectivity index (χ0v) is 12.8. The van der Waals surface area contributed by atoms with E-state index in [1.54, 1.807) is 6.07 Å². The summed E-state index contributed by atoms with van der Waals surface area (Å²) in [7, 11) is 3.37. The Morgan fingerprint density at radius 2 is 2.33 bits per heavy atom. The second-order valence-corrected chi connectivity index (χ2v) is 5.57. The Hall–Kier alpha value is -1.37. The van der Waals surface area contributed by atoms with Crippen molar-refractivity contribution in [1.29, 1.82) is 0 Å². The highest BCUT2D eigenvalue weighted by Gasteiger charge is 2.33. The standard InChI is InChI=1S/C14H19ClFN3O2/c1-19-6-5-10(8-17-14(20)18-21-2)13(19)9-3-4-11(15)12(16)7-9/h3-4,7,10,13H,5-6,8H2,1-2H3,(H2,17,18,20)/t10-,13+/m0/s1. The van der Waals surface area contributed by atoms with Gasteiger partial charge in [0.25, 0.3) is 0 Å². The molecule has 116 valence electrons. The maximum absolute atomic E-state index is 13.7. The van der Waals surface area contributed by atoms with Gasteiger partial charge in [0.1, 0.15) is 5.82 Å². The van der Waals surface area contributed by atoms with E-state index in [9.17, 15) is 9.18 Å². The van der Waals surface area contributed by atoms with Crippen molar-refractivity contribution >= 4 is 17.6 Å². The van der Waals surface area contributed by atoms with Crippen LogP contribution in [-0.4, -0.2) is 38.2 Å². The summed E-state index contributed by atoms with van der Waals surface area (Å²) in [6.45, 7) is 1.39. The van der Waals surface area contributed by atoms with E-state index in [2.05, 4.69) is 20.5 Å². The van der Waals surface area contributed by atoms with E-state index in [4.69, 9.17) is 11.6 Å². The van der Waals surface area contributed by atoms with E-state index in [1.807, 2.05) is 13.1 Å². The smallest absolute Gasteiger partial charge is 0.336 e. The Morgan fingerprint density at radius 3 is 3.00 bits per heavy atom. The number of likely N-dealkylation sites (tertiary alicyclic amines) is 1. The molecule has 7 heteroatoms. The number of halogens is 2. The van der Waals surface area contributed by atoms with Crippen molar-refractivity contribution in [2.24, 2.45) is 5.92 Å². The van der Waals surface area contributed by atoms with Gasteiger partial charge >= 0.3 is 6.03 Å². The molecular formula is C14H19ClFN3O2. The third kappa shape index (κ3) is 3.84. The number of hydrogen-bond acceptors (Lipinski definition) is 3. The van der Waals surface area contributed by atoms with Crippen molar-refractivity contribution in [3.8, 4) is 0 Å². The van der Waals surface area contributed by atoms with Crippen LogP contribution in [-0.2, 0) is 4.84 Å². The number of benzene rings is 1. The molecule has 1 aliphatic heterocycles. The molecule has 0 aliphatic carbocycles. The van der Waals surface area contributed by atoms with E-state index in [0.29, 0.717) is 6.54 Å². The minimum atomic E-state index is -0.418. The predicted octanol–water partition coefficient (Wildman–Crippen LogP) is 2.33. The zero-order chi connectivity index (χ0) is 15.4. The third-order valence-electron chi connectivity index (χ3n) is 3.78. The second kappa shape index (κ2) is 7.06. The lowest BCUT2D eigenvalue weighted by atomic mass is 9.93. The number of rotatable bonds is 4. The first-order chi connectivity index (χ1) is 10.0. The van der Waals surface area contributed by atoms with Crippen LogP contribution < -0.4 is 10.8 Å². The van der Waals surface area contributed by atoms with Gasteiger partial charge in [-0.1, -0.05) is 17.7 Å². The van der Waals surface area contributed by atoms with Crippen molar-refractivity contribution in [1.82, 2.24) is 15.7 Å². The first kappa shape index (κ1) is 16.0. The molecule has 2 atom stereocenters. The largest absolute Gasteiger partial charge is 0.338 e. The fourth-order valence-electron chi connectivity index (χ4n) is 2.82. The van der Waals surface area contributed by atoms with Crippen LogP contribution in [0, 0.1) is 11.7 Å². The minimum absolute atomic E-state index is 0.0552. The van der Waals surface area contributed by atoms with Gasteiger partial charge in [-0.15, -0.1) is 0 Å². The molecule has 0 radical (unpaired) electrons. The van der Waals surface area contributed by atoms with E-state index < -0.39 is 5.82 Å². The lowest BCUT2D eigenvalue weighted by molar-refractivity contribution is 0.106. The summed E-state index contributed by atoms with van der Waals surface area (Å²) in [5, 5.41) is 2.87. The molecule has 5 nitrogen and oxygen atoms in total. The highest BCUT2D eigenvalue weighted by atomic mass is 35.5. The number of hydroxylamine groups is 1. The molecule has 1 aliphatic rings. The zero-order valence-electron chi connectivity index (χ0n) is 12.0. The van der Waals surface area contributed by atoms with E-state index >= 15 is 0 Å². The first-order valence-electron chi connectivity index (χ1n) is 6.75. The SMILES string of the molecule is CONC(=O)NC[C@@H]1CCN(C)[C@@H]1c1ccc(Cl)c(F)c1. The molecule has 1 fully saturated rings. The first-order valence-corrected chi connectivity index (χ1v) is 7.12. The van der Waals surface area contributed by atoms with E-state index in [-0.39, 0.29) is 23.0 Å². The van der Waals surface area contributed by atoms with Crippen LogP contribution >= 0.6 is 11.6 Å². The van der Waals surface area contributed by atoms with Crippen molar-refractivity contribution in [3.05, 3.63) is 34.6 Å². The van der Waals surface area contributed by atoms with Gasteiger partial charge in [0, 0.05) is 12.6 Å². The monoisotopic (exact) mass is 315 g/mol. The topological polar surface area (TPSA) is 53.6 Å². The molecule has 0 aromatic heterocycles. The van der Waals surface area contributed by atoms with Gasteiger partial charge in [-0.2, -0.15) is 0 Å². The number of nitrogens with zero attached hydrogens (tertiary/aromatic N) is 1.